The molecule has 0 amide bonds. The molecule has 1 aromatic carbocycles. The topological polar surface area (TPSA) is 44.5 Å². The molecule has 78 valence electrons. The molecule has 0 heterocycles. The summed E-state index contributed by atoms with van der Waals surface area (Å²) in [6.45, 7) is 0.836. The van der Waals surface area contributed by atoms with Crippen molar-refractivity contribution in [1.29, 1.82) is 0 Å². The van der Waals surface area contributed by atoms with E-state index in [4.69, 9.17) is 38.4 Å². The Balaban J connectivity index is 2.90. The first-order chi connectivity index (χ1) is 6.69. The summed E-state index contributed by atoms with van der Waals surface area (Å²) in [5, 5.41) is 0.920. The van der Waals surface area contributed by atoms with Crippen LogP contribution < -0.4 is 15.2 Å². The predicted molar refractivity (Wildman–Crippen MR) is 57.6 cm³/mol. The van der Waals surface area contributed by atoms with E-state index in [2.05, 4.69) is 0 Å². The van der Waals surface area contributed by atoms with Crippen molar-refractivity contribution in [2.24, 2.45) is 5.73 Å². The molecule has 0 bridgehead atoms. The fourth-order valence-corrected chi connectivity index (χ4v) is 1.39. The van der Waals surface area contributed by atoms with E-state index in [1.807, 2.05) is 0 Å². The molecule has 1 rings (SSSR count). The summed E-state index contributed by atoms with van der Waals surface area (Å²) in [7, 11) is 1.53. The lowest BCUT2D eigenvalue weighted by atomic mass is 10.3. The van der Waals surface area contributed by atoms with Crippen LogP contribution in [0.3, 0.4) is 0 Å². The summed E-state index contributed by atoms with van der Waals surface area (Å²) in [6, 6.07) is 3.22. The molecule has 0 saturated carbocycles. The lowest BCUT2D eigenvalue weighted by molar-refractivity contribution is 0.327. The Bertz CT molecular complexity index is 318. The number of rotatable bonds is 4. The van der Waals surface area contributed by atoms with Crippen LogP contribution in [0.4, 0.5) is 0 Å². The average molecular weight is 236 g/mol. The van der Waals surface area contributed by atoms with Gasteiger partial charge in [-0.05, 0) is 0 Å². The summed E-state index contributed by atoms with van der Waals surface area (Å²) < 4.78 is 10.3. The Kier molecular flexibility index (Phi) is 4.32. The number of benzene rings is 1. The van der Waals surface area contributed by atoms with Gasteiger partial charge in [0, 0.05) is 18.7 Å². The molecule has 0 fully saturated rings. The summed E-state index contributed by atoms with van der Waals surface area (Å²) in [6.07, 6.45) is 0. The van der Waals surface area contributed by atoms with Gasteiger partial charge in [0.1, 0.15) is 18.1 Å². The zero-order chi connectivity index (χ0) is 10.6. The standard InChI is InChI=1S/C9H11Cl2NO2/c1-13-8-4-7(11)9(5-6(8)10)14-3-2-12/h4-5H,2-3,12H2,1H3. The fourth-order valence-electron chi connectivity index (χ4n) is 0.946. The van der Waals surface area contributed by atoms with Crippen LogP contribution in [0.2, 0.25) is 10.0 Å². The zero-order valence-electron chi connectivity index (χ0n) is 7.72. The number of ether oxygens (including phenoxy) is 2. The molecule has 14 heavy (non-hydrogen) atoms. The van der Waals surface area contributed by atoms with Crippen molar-refractivity contribution in [3.05, 3.63) is 22.2 Å². The molecule has 0 aliphatic heterocycles. The molecule has 5 heteroatoms. The zero-order valence-corrected chi connectivity index (χ0v) is 9.23. The SMILES string of the molecule is COc1cc(Cl)c(OCCN)cc1Cl. The molecule has 2 N–H and O–H groups in total. The Morgan fingerprint density at radius 3 is 2.36 bits per heavy atom. The lowest BCUT2D eigenvalue weighted by Gasteiger charge is -2.09. The summed E-state index contributed by atoms with van der Waals surface area (Å²) in [4.78, 5) is 0. The Labute approximate surface area is 92.7 Å². The Morgan fingerprint density at radius 1 is 1.21 bits per heavy atom. The number of hydrogen-bond acceptors (Lipinski definition) is 3. The highest BCUT2D eigenvalue weighted by molar-refractivity contribution is 6.35. The van der Waals surface area contributed by atoms with Gasteiger partial charge in [-0.3, -0.25) is 0 Å². The largest absolute Gasteiger partial charge is 0.495 e. The molecule has 0 saturated heterocycles. The second-order valence-electron chi connectivity index (χ2n) is 2.55. The van der Waals surface area contributed by atoms with Gasteiger partial charge in [-0.1, -0.05) is 23.2 Å². The lowest BCUT2D eigenvalue weighted by Crippen LogP contribution is -2.10. The van der Waals surface area contributed by atoms with Gasteiger partial charge in [0.2, 0.25) is 0 Å². The van der Waals surface area contributed by atoms with E-state index in [0.717, 1.165) is 0 Å². The quantitative estimate of drug-likeness (QED) is 0.872. The summed E-state index contributed by atoms with van der Waals surface area (Å²) in [5.41, 5.74) is 5.29. The fraction of sp³-hybridized carbons (Fsp3) is 0.333. The maximum atomic E-state index is 5.91. The van der Waals surface area contributed by atoms with Crippen LogP contribution in [-0.2, 0) is 0 Å². The van der Waals surface area contributed by atoms with Gasteiger partial charge < -0.3 is 15.2 Å². The molecular weight excluding hydrogens is 225 g/mol. The number of hydrogen-bond donors (Lipinski definition) is 1. The van der Waals surface area contributed by atoms with E-state index in [-0.39, 0.29) is 0 Å². The van der Waals surface area contributed by atoms with Crippen LogP contribution in [0, 0.1) is 0 Å². The van der Waals surface area contributed by atoms with Crippen molar-refractivity contribution in [2.75, 3.05) is 20.3 Å². The van der Waals surface area contributed by atoms with Gasteiger partial charge in [0.05, 0.1) is 17.2 Å². The van der Waals surface area contributed by atoms with Gasteiger partial charge >= 0.3 is 0 Å². The van der Waals surface area contributed by atoms with Gasteiger partial charge in [0.15, 0.2) is 0 Å². The molecule has 0 aliphatic carbocycles. The first kappa shape index (κ1) is 11.4. The van der Waals surface area contributed by atoms with E-state index in [1.54, 1.807) is 12.1 Å². The minimum absolute atomic E-state index is 0.405. The van der Waals surface area contributed by atoms with Crippen LogP contribution in [0.15, 0.2) is 12.1 Å². The summed E-state index contributed by atoms with van der Waals surface area (Å²) in [5.74, 6) is 1.04. The monoisotopic (exact) mass is 235 g/mol. The molecule has 0 atom stereocenters. The van der Waals surface area contributed by atoms with Gasteiger partial charge in [0.25, 0.3) is 0 Å². The molecule has 0 radical (unpaired) electrons. The Hall–Kier alpha value is -0.640. The summed E-state index contributed by atoms with van der Waals surface area (Å²) >= 11 is 11.8. The van der Waals surface area contributed by atoms with Crippen LogP contribution >= 0.6 is 23.2 Å². The van der Waals surface area contributed by atoms with Crippen LogP contribution in [0.25, 0.3) is 0 Å². The maximum absolute atomic E-state index is 5.91. The van der Waals surface area contributed by atoms with E-state index in [1.165, 1.54) is 7.11 Å². The molecule has 0 aromatic heterocycles. The van der Waals surface area contributed by atoms with E-state index in [9.17, 15) is 0 Å². The smallest absolute Gasteiger partial charge is 0.139 e. The normalized spacial score (nSPS) is 10.0. The highest BCUT2D eigenvalue weighted by Gasteiger charge is 2.08. The second kappa shape index (κ2) is 5.29. The second-order valence-corrected chi connectivity index (χ2v) is 3.37. The van der Waals surface area contributed by atoms with Gasteiger partial charge in [-0.15, -0.1) is 0 Å². The predicted octanol–water partition coefficient (Wildman–Crippen LogP) is 2.34. The van der Waals surface area contributed by atoms with E-state index < -0.39 is 0 Å². The highest BCUT2D eigenvalue weighted by atomic mass is 35.5. The van der Waals surface area contributed by atoms with Crippen molar-refractivity contribution in [2.45, 2.75) is 0 Å². The minimum atomic E-state index is 0.405. The third kappa shape index (κ3) is 2.67. The van der Waals surface area contributed by atoms with Gasteiger partial charge in [-0.2, -0.15) is 0 Å². The van der Waals surface area contributed by atoms with Gasteiger partial charge in [-0.25, -0.2) is 0 Å². The molecule has 0 unspecified atom stereocenters. The third-order valence-electron chi connectivity index (χ3n) is 1.58. The van der Waals surface area contributed by atoms with Crippen LogP contribution in [-0.4, -0.2) is 20.3 Å². The average Bonchev–Trinajstić information content (AvgIpc) is 2.18. The Morgan fingerprint density at radius 2 is 1.79 bits per heavy atom. The minimum Gasteiger partial charge on any atom is -0.495 e. The van der Waals surface area contributed by atoms with Crippen molar-refractivity contribution >= 4 is 23.2 Å². The first-order valence-corrected chi connectivity index (χ1v) is 4.80. The number of halogens is 2. The molecule has 3 nitrogen and oxygen atoms in total. The number of methoxy groups -OCH3 is 1. The van der Waals surface area contributed by atoms with E-state index >= 15 is 0 Å². The number of nitrogens with two attached hydrogens (primary N) is 1. The highest BCUT2D eigenvalue weighted by Crippen LogP contribution is 2.35. The van der Waals surface area contributed by atoms with Crippen molar-refractivity contribution in [3.63, 3.8) is 0 Å². The molecule has 1 aromatic rings. The van der Waals surface area contributed by atoms with Crippen molar-refractivity contribution < 1.29 is 9.47 Å². The third-order valence-corrected chi connectivity index (χ3v) is 2.17. The molecule has 0 spiro atoms. The van der Waals surface area contributed by atoms with Crippen molar-refractivity contribution in [1.82, 2.24) is 0 Å². The van der Waals surface area contributed by atoms with Crippen LogP contribution in [0.1, 0.15) is 0 Å². The molecular formula is C9H11Cl2NO2. The van der Waals surface area contributed by atoms with Crippen LogP contribution in [0.5, 0.6) is 11.5 Å². The first-order valence-electron chi connectivity index (χ1n) is 4.05. The van der Waals surface area contributed by atoms with E-state index in [0.29, 0.717) is 34.7 Å². The molecule has 0 aliphatic rings. The van der Waals surface area contributed by atoms with Crippen molar-refractivity contribution in [3.8, 4) is 11.5 Å². The maximum Gasteiger partial charge on any atom is 0.139 e.